The van der Waals surface area contributed by atoms with E-state index >= 15 is 0 Å². The van der Waals surface area contributed by atoms with Crippen LogP contribution in [0.1, 0.15) is 32.8 Å². The zero-order chi connectivity index (χ0) is 18.7. The molecule has 26 heavy (non-hydrogen) atoms. The van der Waals surface area contributed by atoms with Crippen molar-refractivity contribution in [3.05, 3.63) is 42.0 Å². The number of benzene rings is 1. The topological polar surface area (TPSA) is 49.3 Å². The number of hydrogen-bond donors (Lipinski definition) is 0. The Morgan fingerprint density at radius 2 is 1.62 bits per heavy atom. The second kappa shape index (κ2) is 7.44. The third-order valence-corrected chi connectivity index (χ3v) is 4.64. The third kappa shape index (κ3) is 4.59. The zero-order valence-electron chi connectivity index (χ0n) is 16.2. The van der Waals surface area contributed by atoms with Crippen molar-refractivity contribution in [2.45, 2.75) is 34.1 Å². The maximum Gasteiger partial charge on any atom is 0.223 e. The minimum Gasteiger partial charge on any atom is -0.352 e. The van der Waals surface area contributed by atoms with Crippen molar-refractivity contribution in [2.24, 2.45) is 5.41 Å². The third-order valence-electron chi connectivity index (χ3n) is 4.64. The molecule has 3 rings (SSSR count). The quantitative estimate of drug-likeness (QED) is 0.848. The van der Waals surface area contributed by atoms with E-state index in [2.05, 4.69) is 67.1 Å². The Bertz CT molecular complexity index is 739. The van der Waals surface area contributed by atoms with Crippen LogP contribution in [0.5, 0.6) is 0 Å². The van der Waals surface area contributed by atoms with E-state index in [1.165, 1.54) is 5.56 Å². The Hall–Kier alpha value is -2.43. The molecule has 1 aliphatic rings. The molecule has 1 aromatic carbocycles. The Labute approximate surface area is 156 Å². The van der Waals surface area contributed by atoms with E-state index < -0.39 is 0 Å². The molecule has 0 spiro atoms. The molecule has 2 aromatic rings. The number of aryl methyl sites for hydroxylation is 1. The molecule has 138 valence electrons. The first-order valence-corrected chi connectivity index (χ1v) is 9.25. The Balaban J connectivity index is 1.59. The van der Waals surface area contributed by atoms with E-state index in [0.717, 1.165) is 43.3 Å². The Morgan fingerprint density at radius 3 is 2.15 bits per heavy atom. The summed E-state index contributed by atoms with van der Waals surface area (Å²) in [5.41, 5.74) is 3.23. The van der Waals surface area contributed by atoms with Gasteiger partial charge in [0.2, 0.25) is 5.91 Å². The van der Waals surface area contributed by atoms with Crippen LogP contribution in [0.15, 0.2) is 36.4 Å². The first-order chi connectivity index (χ1) is 12.3. The van der Waals surface area contributed by atoms with Crippen LogP contribution in [0.3, 0.4) is 0 Å². The van der Waals surface area contributed by atoms with Crippen LogP contribution >= 0.6 is 0 Å². The molecule has 5 nitrogen and oxygen atoms in total. The maximum absolute atomic E-state index is 12.4. The molecular formula is C21H28N4O. The average Bonchev–Trinajstić information content (AvgIpc) is 2.61. The smallest absolute Gasteiger partial charge is 0.223 e. The molecule has 1 fully saturated rings. The van der Waals surface area contributed by atoms with Crippen molar-refractivity contribution < 1.29 is 4.79 Å². The summed E-state index contributed by atoms with van der Waals surface area (Å²) in [5, 5.41) is 8.79. The van der Waals surface area contributed by atoms with E-state index in [0.29, 0.717) is 6.42 Å². The van der Waals surface area contributed by atoms with E-state index in [1.807, 2.05) is 17.0 Å². The fourth-order valence-electron chi connectivity index (χ4n) is 3.12. The van der Waals surface area contributed by atoms with Crippen molar-refractivity contribution in [1.29, 1.82) is 0 Å². The summed E-state index contributed by atoms with van der Waals surface area (Å²) in [4.78, 5) is 16.5. The number of carbonyl (C=O) groups is 1. The predicted molar refractivity (Wildman–Crippen MR) is 105 cm³/mol. The SMILES string of the molecule is Cc1ccc(-c2ccc(N3CCN(C(=O)CC(C)(C)C)CC3)nn2)cc1. The van der Waals surface area contributed by atoms with Gasteiger partial charge in [-0.3, -0.25) is 4.79 Å². The number of piperazine rings is 1. The number of amides is 1. The maximum atomic E-state index is 12.4. The van der Waals surface area contributed by atoms with Crippen LogP contribution in [0.25, 0.3) is 11.3 Å². The van der Waals surface area contributed by atoms with E-state index in [4.69, 9.17) is 0 Å². The molecular weight excluding hydrogens is 324 g/mol. The molecule has 0 aliphatic carbocycles. The van der Waals surface area contributed by atoms with Crippen molar-refractivity contribution in [1.82, 2.24) is 15.1 Å². The highest BCUT2D eigenvalue weighted by molar-refractivity contribution is 5.77. The summed E-state index contributed by atoms with van der Waals surface area (Å²) in [7, 11) is 0. The standard InChI is InChI=1S/C21H28N4O/c1-16-5-7-17(8-6-16)18-9-10-19(23-22-18)24-11-13-25(14-12-24)20(26)15-21(2,3)4/h5-10H,11-15H2,1-4H3. The monoisotopic (exact) mass is 352 g/mol. The van der Waals surface area contributed by atoms with Gasteiger partial charge in [0, 0.05) is 38.2 Å². The van der Waals surface area contributed by atoms with E-state index in [9.17, 15) is 4.79 Å². The first-order valence-electron chi connectivity index (χ1n) is 9.25. The van der Waals surface area contributed by atoms with Crippen LogP contribution in [0, 0.1) is 12.3 Å². The van der Waals surface area contributed by atoms with Gasteiger partial charge in [-0.25, -0.2) is 0 Å². The molecule has 0 atom stereocenters. The molecule has 2 heterocycles. The number of nitrogens with zero attached hydrogens (tertiary/aromatic N) is 4. The summed E-state index contributed by atoms with van der Waals surface area (Å²) in [6.45, 7) is 11.5. The van der Waals surface area contributed by atoms with Gasteiger partial charge in [0.1, 0.15) is 0 Å². The van der Waals surface area contributed by atoms with Gasteiger partial charge in [-0.1, -0.05) is 50.6 Å². The molecule has 1 aliphatic heterocycles. The van der Waals surface area contributed by atoms with Gasteiger partial charge >= 0.3 is 0 Å². The number of aromatic nitrogens is 2. The molecule has 0 saturated carbocycles. The summed E-state index contributed by atoms with van der Waals surface area (Å²) in [5.74, 6) is 1.13. The molecule has 0 radical (unpaired) electrons. The van der Waals surface area contributed by atoms with Crippen molar-refractivity contribution >= 4 is 11.7 Å². The molecule has 0 unspecified atom stereocenters. The largest absolute Gasteiger partial charge is 0.352 e. The lowest BCUT2D eigenvalue weighted by atomic mass is 9.91. The fourth-order valence-corrected chi connectivity index (χ4v) is 3.12. The van der Waals surface area contributed by atoms with Gasteiger partial charge in [0.25, 0.3) is 0 Å². The number of rotatable bonds is 3. The molecule has 0 bridgehead atoms. The van der Waals surface area contributed by atoms with Gasteiger partial charge < -0.3 is 9.80 Å². The van der Waals surface area contributed by atoms with Crippen molar-refractivity contribution in [2.75, 3.05) is 31.1 Å². The lowest BCUT2D eigenvalue weighted by molar-refractivity contribution is -0.133. The van der Waals surface area contributed by atoms with E-state index in [-0.39, 0.29) is 11.3 Å². The van der Waals surface area contributed by atoms with Gasteiger partial charge in [-0.15, -0.1) is 10.2 Å². The highest BCUT2D eigenvalue weighted by atomic mass is 16.2. The summed E-state index contributed by atoms with van der Waals surface area (Å²) in [6, 6.07) is 12.3. The average molecular weight is 352 g/mol. The Morgan fingerprint density at radius 1 is 0.962 bits per heavy atom. The van der Waals surface area contributed by atoms with Gasteiger partial charge in [0.15, 0.2) is 5.82 Å². The molecule has 0 N–H and O–H groups in total. The van der Waals surface area contributed by atoms with Crippen molar-refractivity contribution in [3.8, 4) is 11.3 Å². The molecule has 1 amide bonds. The van der Waals surface area contributed by atoms with Crippen LogP contribution in [0.4, 0.5) is 5.82 Å². The second-order valence-electron chi connectivity index (χ2n) is 8.25. The minimum atomic E-state index is 0.0332. The predicted octanol–water partition coefficient (Wildman–Crippen LogP) is 3.54. The summed E-state index contributed by atoms with van der Waals surface area (Å²) < 4.78 is 0. The number of hydrogen-bond acceptors (Lipinski definition) is 4. The van der Waals surface area contributed by atoms with Gasteiger partial charge in [-0.05, 0) is 24.5 Å². The Kier molecular flexibility index (Phi) is 5.25. The molecule has 5 heteroatoms. The lowest BCUT2D eigenvalue weighted by Gasteiger charge is -2.36. The second-order valence-corrected chi connectivity index (χ2v) is 8.25. The normalized spacial score (nSPS) is 15.2. The number of carbonyl (C=O) groups excluding carboxylic acids is 1. The number of anilines is 1. The minimum absolute atomic E-state index is 0.0332. The van der Waals surface area contributed by atoms with Crippen LogP contribution in [0.2, 0.25) is 0 Å². The summed E-state index contributed by atoms with van der Waals surface area (Å²) in [6.07, 6.45) is 0.595. The van der Waals surface area contributed by atoms with E-state index in [1.54, 1.807) is 0 Å². The summed E-state index contributed by atoms with van der Waals surface area (Å²) >= 11 is 0. The zero-order valence-corrected chi connectivity index (χ0v) is 16.2. The first kappa shape index (κ1) is 18.4. The van der Waals surface area contributed by atoms with Crippen LogP contribution < -0.4 is 4.90 Å². The van der Waals surface area contributed by atoms with Crippen LogP contribution in [-0.4, -0.2) is 47.2 Å². The van der Waals surface area contributed by atoms with Crippen LogP contribution in [-0.2, 0) is 4.79 Å². The molecule has 1 saturated heterocycles. The van der Waals surface area contributed by atoms with Gasteiger partial charge in [-0.2, -0.15) is 0 Å². The van der Waals surface area contributed by atoms with Crippen molar-refractivity contribution in [3.63, 3.8) is 0 Å². The lowest BCUT2D eigenvalue weighted by Crippen LogP contribution is -2.49. The van der Waals surface area contributed by atoms with Gasteiger partial charge in [0.05, 0.1) is 5.69 Å². The fraction of sp³-hybridized carbons (Fsp3) is 0.476. The molecule has 1 aromatic heterocycles. The highest BCUT2D eigenvalue weighted by Crippen LogP contribution is 2.22. The highest BCUT2D eigenvalue weighted by Gasteiger charge is 2.25.